The first kappa shape index (κ1) is 37.8. The van der Waals surface area contributed by atoms with Crippen LogP contribution in [0.4, 0.5) is 0 Å². The van der Waals surface area contributed by atoms with Gasteiger partial charge in [-0.1, -0.05) is 0 Å². The summed E-state index contributed by atoms with van der Waals surface area (Å²) in [4.78, 5) is 13.2. The van der Waals surface area contributed by atoms with E-state index in [-0.39, 0.29) is 51.2 Å². The molecule has 0 spiro atoms. The van der Waals surface area contributed by atoms with E-state index >= 15 is 0 Å². The van der Waals surface area contributed by atoms with Gasteiger partial charge in [-0.2, -0.15) is 0 Å². The Hall–Kier alpha value is -1.01. The number of carbonyl (C=O) groups excluding carboxylic acids is 1. The third kappa shape index (κ3) is 8.58. The number of carbonyl (C=O) groups is 1. The van der Waals surface area contributed by atoms with Crippen molar-refractivity contribution in [3.8, 4) is 0 Å². The molecule has 4 fully saturated rings. The van der Waals surface area contributed by atoms with Gasteiger partial charge in [0.2, 0.25) is 0 Å². The molecule has 15 atom stereocenters. The number of hydrogen-bond donors (Lipinski definition) is 13. The summed E-state index contributed by atoms with van der Waals surface area (Å²) >= 11 is 0. The summed E-state index contributed by atoms with van der Waals surface area (Å²) in [6.07, 6.45) is -12.7. The predicted molar refractivity (Wildman–Crippen MR) is 159 cm³/mol. The monoisotopic (exact) mass is 666 g/mol. The number of aliphatic hydroxyl groups is 7. The van der Waals surface area contributed by atoms with Gasteiger partial charge in [0, 0.05) is 31.6 Å². The summed E-state index contributed by atoms with van der Waals surface area (Å²) in [6.45, 7) is 0.0651. The maximum Gasteiger partial charge on any atom is 0.186 e. The molecule has 0 aromatic heterocycles. The van der Waals surface area contributed by atoms with Crippen molar-refractivity contribution >= 4 is 5.78 Å². The third-order valence-corrected chi connectivity index (χ3v) is 9.65. The highest BCUT2D eigenvalue weighted by atomic mass is 16.7. The van der Waals surface area contributed by atoms with E-state index in [9.17, 15) is 40.5 Å². The average molecular weight is 667 g/mol. The van der Waals surface area contributed by atoms with Crippen molar-refractivity contribution in [3.63, 3.8) is 0 Å². The lowest BCUT2D eigenvalue weighted by molar-refractivity contribution is -0.320. The van der Waals surface area contributed by atoms with Crippen LogP contribution in [0.25, 0.3) is 0 Å². The van der Waals surface area contributed by atoms with Gasteiger partial charge in [0.1, 0.15) is 36.1 Å². The van der Waals surface area contributed by atoms with Gasteiger partial charge in [-0.25, -0.2) is 0 Å². The lowest BCUT2D eigenvalue weighted by Crippen LogP contribution is -2.66. The summed E-state index contributed by atoms with van der Waals surface area (Å²) in [5.41, 5.74) is 28.4. The number of rotatable bonds is 14. The van der Waals surface area contributed by atoms with Gasteiger partial charge < -0.3 is 88.7 Å². The van der Waals surface area contributed by atoms with Crippen LogP contribution in [-0.2, 0) is 23.7 Å². The number of Topliss-reactive ketones (excluding diaryl/α,β-unsaturated/α-hetero) is 1. The molecule has 0 aromatic carbocycles. The van der Waals surface area contributed by atoms with Crippen molar-refractivity contribution in [3.05, 3.63) is 0 Å². The van der Waals surface area contributed by atoms with E-state index in [1.807, 2.05) is 0 Å². The summed E-state index contributed by atoms with van der Waals surface area (Å²) in [5, 5.41) is 76.6. The molecule has 2 saturated carbocycles. The fourth-order valence-corrected chi connectivity index (χ4v) is 6.82. The van der Waals surface area contributed by atoms with Gasteiger partial charge >= 0.3 is 0 Å². The normalized spacial score (nSPS) is 47.3. The molecule has 4 aliphatic rings. The van der Waals surface area contributed by atoms with Crippen molar-refractivity contribution in [2.24, 2.45) is 34.6 Å². The standard InChI is InChI=1S/C28H54N6O12/c29-2-1-13(36)8-34-9-17-16(37)5-15(32)26(43-17)46-25-14(31)3-11(4-19(38)28(42)6-12(30)7-28)24(23(25)41)45-27-22(40)20(33)21(39)18(10-35)44-27/h11-18,20-27,34-37,39-42H,1-10,29-33H2/t11-,12?,13?,14-,15+,16-,17+,18+,20-,21+,22+,23+,24-,25+,26+,27+,28?/m0/s1. The third-order valence-electron chi connectivity index (χ3n) is 9.65. The maximum absolute atomic E-state index is 13.2. The largest absolute Gasteiger partial charge is 0.394 e. The summed E-state index contributed by atoms with van der Waals surface area (Å²) in [6, 6.07) is -3.26. The molecule has 0 radical (unpaired) electrons. The Labute approximate surface area is 267 Å². The fourth-order valence-electron chi connectivity index (χ4n) is 6.82. The lowest BCUT2D eigenvalue weighted by Gasteiger charge is -2.49. The smallest absolute Gasteiger partial charge is 0.186 e. The molecule has 2 aliphatic heterocycles. The van der Waals surface area contributed by atoms with Crippen molar-refractivity contribution in [2.75, 3.05) is 26.2 Å². The van der Waals surface area contributed by atoms with Gasteiger partial charge in [0.05, 0.1) is 43.1 Å². The van der Waals surface area contributed by atoms with Gasteiger partial charge in [-0.3, -0.25) is 4.79 Å². The van der Waals surface area contributed by atoms with E-state index < -0.39 is 110 Å². The maximum atomic E-state index is 13.2. The van der Waals surface area contributed by atoms with E-state index in [1.165, 1.54) is 0 Å². The number of aliphatic hydroxyl groups excluding tert-OH is 6. The Morgan fingerprint density at radius 1 is 0.913 bits per heavy atom. The molecule has 0 amide bonds. The second-order valence-corrected chi connectivity index (χ2v) is 13.4. The Balaban J connectivity index is 1.49. The molecule has 4 rings (SSSR count). The van der Waals surface area contributed by atoms with Crippen LogP contribution >= 0.6 is 0 Å². The first-order chi connectivity index (χ1) is 21.7. The van der Waals surface area contributed by atoms with Crippen LogP contribution in [0, 0.1) is 5.92 Å². The zero-order valence-corrected chi connectivity index (χ0v) is 25.9. The quantitative estimate of drug-likeness (QED) is 0.0819. The lowest BCUT2D eigenvalue weighted by atomic mass is 9.69. The summed E-state index contributed by atoms with van der Waals surface area (Å²) in [5.74, 6) is -1.29. The number of nitrogens with two attached hydrogens (primary N) is 5. The molecule has 18 heteroatoms. The van der Waals surface area contributed by atoms with Gasteiger partial charge in [0.15, 0.2) is 18.4 Å². The van der Waals surface area contributed by atoms with E-state index in [4.69, 9.17) is 47.6 Å². The SMILES string of the molecule is NCCC(O)CNC[C@H]1O[C@H](O[C@H]2[C@H](O)[C@@H](O[C@H]3O[C@H](CO)[C@@H](O)[C@H](N)[C@H]3O)[C@H](CC(=O)C3(O)CC(N)C3)C[C@@H]2N)[C@H](N)C[C@@H]1O. The van der Waals surface area contributed by atoms with Crippen molar-refractivity contribution < 1.29 is 59.5 Å². The number of ketones is 1. The number of hydrogen-bond acceptors (Lipinski definition) is 18. The molecule has 1 unspecified atom stereocenters. The first-order valence-electron chi connectivity index (χ1n) is 16.0. The molecule has 2 saturated heterocycles. The zero-order chi connectivity index (χ0) is 33.9. The highest BCUT2D eigenvalue weighted by Crippen LogP contribution is 2.39. The Kier molecular flexibility index (Phi) is 13.3. The van der Waals surface area contributed by atoms with Crippen LogP contribution in [0.1, 0.15) is 38.5 Å². The molecule has 2 heterocycles. The van der Waals surface area contributed by atoms with E-state index in [0.717, 1.165) is 0 Å². The van der Waals surface area contributed by atoms with Crippen molar-refractivity contribution in [1.29, 1.82) is 0 Å². The molecule has 0 aromatic rings. The molecule has 268 valence electrons. The molecule has 18 nitrogen and oxygen atoms in total. The Bertz CT molecular complexity index is 981. The van der Waals surface area contributed by atoms with Crippen LogP contribution < -0.4 is 34.0 Å². The summed E-state index contributed by atoms with van der Waals surface area (Å²) < 4.78 is 23.8. The van der Waals surface area contributed by atoms with Gasteiger partial charge in [-0.05, 0) is 44.6 Å². The highest BCUT2D eigenvalue weighted by Gasteiger charge is 2.53. The second kappa shape index (κ2) is 16.1. The van der Waals surface area contributed by atoms with Crippen LogP contribution in [0.15, 0.2) is 0 Å². The molecule has 0 bridgehead atoms. The summed E-state index contributed by atoms with van der Waals surface area (Å²) in [7, 11) is 0. The van der Waals surface area contributed by atoms with Gasteiger partial charge in [0.25, 0.3) is 0 Å². The Morgan fingerprint density at radius 3 is 2.20 bits per heavy atom. The second-order valence-electron chi connectivity index (χ2n) is 13.4. The van der Waals surface area contributed by atoms with Crippen LogP contribution in [0.5, 0.6) is 0 Å². The van der Waals surface area contributed by atoms with Gasteiger partial charge in [-0.15, -0.1) is 0 Å². The minimum absolute atomic E-state index is 0.0653. The first-order valence-corrected chi connectivity index (χ1v) is 16.0. The predicted octanol–water partition coefficient (Wildman–Crippen LogP) is -6.85. The minimum atomic E-state index is -1.62. The average Bonchev–Trinajstić information content (AvgIpc) is 2.98. The molecular weight excluding hydrogens is 612 g/mol. The molecule has 46 heavy (non-hydrogen) atoms. The number of ether oxygens (including phenoxy) is 4. The van der Waals surface area contributed by atoms with E-state index in [2.05, 4.69) is 5.32 Å². The van der Waals surface area contributed by atoms with Crippen LogP contribution in [-0.4, -0.2) is 165 Å². The van der Waals surface area contributed by atoms with Crippen molar-refractivity contribution in [1.82, 2.24) is 5.32 Å². The van der Waals surface area contributed by atoms with Crippen LogP contribution in [0.2, 0.25) is 0 Å². The Morgan fingerprint density at radius 2 is 1.57 bits per heavy atom. The van der Waals surface area contributed by atoms with E-state index in [1.54, 1.807) is 0 Å². The molecular formula is C28H54N6O12. The zero-order valence-electron chi connectivity index (χ0n) is 25.9. The van der Waals surface area contributed by atoms with Crippen LogP contribution in [0.3, 0.4) is 0 Å². The van der Waals surface area contributed by atoms with E-state index in [0.29, 0.717) is 13.0 Å². The molecule has 18 N–H and O–H groups in total. The fraction of sp³-hybridized carbons (Fsp3) is 0.964. The number of nitrogens with one attached hydrogen (secondary N) is 1. The van der Waals surface area contributed by atoms with Crippen molar-refractivity contribution in [2.45, 2.75) is 136 Å². The molecule has 2 aliphatic carbocycles. The topological polar surface area (TPSA) is 338 Å². The highest BCUT2D eigenvalue weighted by molar-refractivity contribution is 5.88. The minimum Gasteiger partial charge on any atom is -0.394 e.